The van der Waals surface area contributed by atoms with E-state index in [0.29, 0.717) is 41.6 Å². The number of pyridine rings is 1. The number of carbonyl (C=O) groups is 1. The number of amides is 1. The number of nitrogen functional groups attached to an aromatic ring is 1. The molecular weight excluding hydrogens is 482 g/mol. The Morgan fingerprint density at radius 1 is 1.08 bits per heavy atom. The summed E-state index contributed by atoms with van der Waals surface area (Å²) in [7, 11) is 0. The number of fused-ring (bicyclic) bond motifs is 1. The zero-order valence-electron chi connectivity index (χ0n) is 21.3. The van der Waals surface area contributed by atoms with Crippen LogP contribution in [0, 0.1) is 0 Å². The summed E-state index contributed by atoms with van der Waals surface area (Å²) in [5, 5.41) is 2.81. The van der Waals surface area contributed by atoms with Crippen molar-refractivity contribution in [3.05, 3.63) is 72.4 Å². The van der Waals surface area contributed by atoms with Crippen LogP contribution in [0.15, 0.2) is 61.1 Å². The lowest BCUT2D eigenvalue weighted by Gasteiger charge is -2.43. The minimum atomic E-state index is -0.232. The van der Waals surface area contributed by atoms with Crippen LogP contribution in [-0.2, 0) is 9.47 Å². The summed E-state index contributed by atoms with van der Waals surface area (Å²) >= 11 is 0. The molecule has 38 heavy (non-hydrogen) atoms. The third-order valence-electron chi connectivity index (χ3n) is 7.37. The van der Waals surface area contributed by atoms with Crippen LogP contribution in [0.1, 0.15) is 42.1 Å². The fourth-order valence-electron chi connectivity index (χ4n) is 5.38. The Kier molecular flexibility index (Phi) is 6.75. The molecule has 0 spiro atoms. The topological polar surface area (TPSA) is 120 Å². The number of anilines is 2. The Labute approximate surface area is 220 Å². The smallest absolute Gasteiger partial charge is 0.256 e. The van der Waals surface area contributed by atoms with Crippen molar-refractivity contribution in [3.8, 4) is 11.3 Å². The van der Waals surface area contributed by atoms with Crippen LogP contribution in [0.4, 0.5) is 11.6 Å². The number of ether oxygens (including phenoxy) is 2. The van der Waals surface area contributed by atoms with Gasteiger partial charge in [0.1, 0.15) is 34.8 Å². The van der Waals surface area contributed by atoms with Gasteiger partial charge in [0.05, 0.1) is 6.61 Å². The zero-order chi connectivity index (χ0) is 26.1. The molecule has 1 aromatic carbocycles. The van der Waals surface area contributed by atoms with Crippen LogP contribution in [0.3, 0.4) is 0 Å². The SMILES string of the molecule is C[C@H]1CO[C@@H](c2nc(-c3ccc(C(=O)Nc4ccccn4)cc3)c3c(N)nccn23)CN1C1CCOCC1. The number of nitrogens with zero attached hydrogens (tertiary/aromatic N) is 5. The fourth-order valence-corrected chi connectivity index (χ4v) is 5.38. The van der Waals surface area contributed by atoms with Crippen molar-refractivity contribution in [1.82, 2.24) is 24.3 Å². The van der Waals surface area contributed by atoms with E-state index in [2.05, 4.69) is 27.1 Å². The summed E-state index contributed by atoms with van der Waals surface area (Å²) in [6, 6.07) is 13.5. The zero-order valence-corrected chi connectivity index (χ0v) is 21.3. The first-order valence-corrected chi connectivity index (χ1v) is 13.0. The van der Waals surface area contributed by atoms with Crippen LogP contribution in [0.2, 0.25) is 0 Å². The second kappa shape index (κ2) is 10.5. The Bertz CT molecular complexity index is 1420. The van der Waals surface area contributed by atoms with E-state index in [1.807, 2.05) is 28.8 Å². The van der Waals surface area contributed by atoms with E-state index in [0.717, 1.165) is 49.5 Å². The number of nitrogens with two attached hydrogens (primary N) is 1. The highest BCUT2D eigenvalue weighted by Crippen LogP contribution is 2.34. The van der Waals surface area contributed by atoms with E-state index in [4.69, 9.17) is 20.2 Å². The highest BCUT2D eigenvalue weighted by molar-refractivity contribution is 6.04. The second-order valence-corrected chi connectivity index (χ2v) is 9.81. The van der Waals surface area contributed by atoms with Crippen molar-refractivity contribution in [2.45, 2.75) is 38.0 Å². The third-order valence-corrected chi connectivity index (χ3v) is 7.37. The average molecular weight is 514 g/mol. The van der Waals surface area contributed by atoms with E-state index in [9.17, 15) is 4.79 Å². The van der Waals surface area contributed by atoms with Gasteiger partial charge in [-0.15, -0.1) is 0 Å². The number of hydrogen-bond donors (Lipinski definition) is 2. The molecule has 3 aromatic heterocycles. The van der Waals surface area contributed by atoms with Gasteiger partial charge in [0.15, 0.2) is 0 Å². The van der Waals surface area contributed by atoms with E-state index < -0.39 is 0 Å². The summed E-state index contributed by atoms with van der Waals surface area (Å²) in [5.41, 5.74) is 9.16. The van der Waals surface area contributed by atoms with E-state index in [1.165, 1.54) is 0 Å². The summed E-state index contributed by atoms with van der Waals surface area (Å²) in [6.45, 7) is 5.20. The van der Waals surface area contributed by atoms with Gasteiger partial charge >= 0.3 is 0 Å². The summed E-state index contributed by atoms with van der Waals surface area (Å²) < 4.78 is 13.9. The molecule has 10 heteroatoms. The molecule has 0 bridgehead atoms. The Balaban J connectivity index is 1.30. The van der Waals surface area contributed by atoms with Crippen molar-refractivity contribution in [2.75, 3.05) is 37.4 Å². The van der Waals surface area contributed by atoms with Crippen LogP contribution in [0.25, 0.3) is 16.8 Å². The Morgan fingerprint density at radius 2 is 1.89 bits per heavy atom. The van der Waals surface area contributed by atoms with Gasteiger partial charge < -0.3 is 20.5 Å². The van der Waals surface area contributed by atoms with Crippen molar-refractivity contribution < 1.29 is 14.3 Å². The number of nitrogens with one attached hydrogen (secondary N) is 1. The minimum Gasteiger partial charge on any atom is -0.382 e. The third kappa shape index (κ3) is 4.73. The molecule has 0 radical (unpaired) electrons. The number of imidazole rings is 1. The normalized spacial score (nSPS) is 21.0. The van der Waals surface area contributed by atoms with Crippen molar-refractivity contribution >= 4 is 23.1 Å². The van der Waals surface area contributed by atoms with Gasteiger partial charge in [-0.25, -0.2) is 15.0 Å². The molecule has 0 saturated carbocycles. The van der Waals surface area contributed by atoms with Gasteiger partial charge in [0, 0.05) is 61.6 Å². The molecule has 2 fully saturated rings. The van der Waals surface area contributed by atoms with Gasteiger partial charge in [-0.05, 0) is 44.0 Å². The maximum atomic E-state index is 12.7. The molecule has 0 aliphatic carbocycles. The Morgan fingerprint density at radius 3 is 2.66 bits per heavy atom. The molecule has 196 valence electrons. The largest absolute Gasteiger partial charge is 0.382 e. The lowest BCUT2D eigenvalue weighted by Crippen LogP contribution is -2.52. The predicted molar refractivity (Wildman–Crippen MR) is 144 cm³/mol. The van der Waals surface area contributed by atoms with Crippen molar-refractivity contribution in [3.63, 3.8) is 0 Å². The fraction of sp³-hybridized carbons (Fsp3) is 0.357. The van der Waals surface area contributed by atoms with Gasteiger partial charge in [-0.3, -0.25) is 14.1 Å². The standard InChI is InChI=1S/C28H31N7O3/c1-18-17-38-22(16-35(18)21-9-14-37-15-10-21)27-33-24(25-26(29)31-12-13-34(25)27)19-5-7-20(8-6-19)28(36)32-23-4-2-3-11-30-23/h2-8,11-13,18,21-22H,9-10,14-17H2,1H3,(H2,29,31)(H,30,32,36)/t18-,22+/m0/s1. The molecule has 1 amide bonds. The molecule has 2 aliphatic rings. The highest BCUT2D eigenvalue weighted by Gasteiger charge is 2.35. The molecule has 4 aromatic rings. The van der Waals surface area contributed by atoms with Crippen LogP contribution < -0.4 is 11.1 Å². The number of aromatic nitrogens is 4. The minimum absolute atomic E-state index is 0.208. The van der Waals surface area contributed by atoms with Crippen LogP contribution in [-0.4, -0.2) is 68.6 Å². The Hall–Kier alpha value is -3.86. The molecule has 6 rings (SSSR count). The first-order chi connectivity index (χ1) is 18.6. The molecule has 2 aliphatic heterocycles. The van der Waals surface area contributed by atoms with Crippen molar-refractivity contribution in [1.29, 1.82) is 0 Å². The lowest BCUT2D eigenvalue weighted by molar-refractivity contribution is -0.0942. The maximum absolute atomic E-state index is 12.7. The van der Waals surface area contributed by atoms with Gasteiger partial charge in [-0.2, -0.15) is 0 Å². The maximum Gasteiger partial charge on any atom is 0.256 e. The van der Waals surface area contributed by atoms with Crippen LogP contribution >= 0.6 is 0 Å². The first-order valence-electron chi connectivity index (χ1n) is 13.0. The van der Waals surface area contributed by atoms with Gasteiger partial charge in [0.25, 0.3) is 5.91 Å². The average Bonchev–Trinajstić information content (AvgIpc) is 3.35. The summed E-state index contributed by atoms with van der Waals surface area (Å²) in [4.78, 5) is 28.8. The number of morpholine rings is 1. The number of carbonyl (C=O) groups excluding carboxylic acids is 1. The second-order valence-electron chi connectivity index (χ2n) is 9.81. The van der Waals surface area contributed by atoms with E-state index in [1.54, 1.807) is 36.7 Å². The molecule has 10 nitrogen and oxygen atoms in total. The number of hydrogen-bond acceptors (Lipinski definition) is 8. The van der Waals surface area contributed by atoms with Gasteiger partial charge in [0.2, 0.25) is 0 Å². The number of benzene rings is 1. The quantitative estimate of drug-likeness (QED) is 0.416. The van der Waals surface area contributed by atoms with Crippen molar-refractivity contribution in [2.24, 2.45) is 0 Å². The van der Waals surface area contributed by atoms with E-state index >= 15 is 0 Å². The van der Waals surface area contributed by atoms with Crippen LogP contribution in [0.5, 0.6) is 0 Å². The van der Waals surface area contributed by atoms with E-state index in [-0.39, 0.29) is 12.0 Å². The summed E-state index contributed by atoms with van der Waals surface area (Å²) in [5.74, 6) is 1.46. The monoisotopic (exact) mass is 513 g/mol. The summed E-state index contributed by atoms with van der Waals surface area (Å²) in [6.07, 6.45) is 7.05. The predicted octanol–water partition coefficient (Wildman–Crippen LogP) is 3.57. The highest BCUT2D eigenvalue weighted by atomic mass is 16.5. The number of rotatable bonds is 5. The lowest BCUT2D eigenvalue weighted by atomic mass is 10.0. The molecule has 2 saturated heterocycles. The molecule has 3 N–H and O–H groups in total. The first kappa shape index (κ1) is 24.5. The molecule has 5 heterocycles. The molecule has 2 atom stereocenters. The molecular formula is C28H31N7O3. The van der Waals surface area contributed by atoms with Gasteiger partial charge in [-0.1, -0.05) is 18.2 Å². The molecule has 0 unspecified atom stereocenters.